The number of aromatic nitrogens is 2. The van der Waals surface area contributed by atoms with Crippen LogP contribution >= 0.6 is 0 Å². The van der Waals surface area contributed by atoms with Gasteiger partial charge in [-0.15, -0.1) is 0 Å². The molecule has 1 N–H and O–H groups in total. The highest BCUT2D eigenvalue weighted by Crippen LogP contribution is 2.12. The summed E-state index contributed by atoms with van der Waals surface area (Å²) in [5.41, 5.74) is 1.08. The van der Waals surface area contributed by atoms with Gasteiger partial charge in [0.05, 0.1) is 0 Å². The molecular formula is C11H15N3. The zero-order chi connectivity index (χ0) is 9.64. The van der Waals surface area contributed by atoms with Crippen molar-refractivity contribution in [3.05, 3.63) is 30.4 Å². The van der Waals surface area contributed by atoms with Crippen molar-refractivity contribution in [3.63, 3.8) is 0 Å². The summed E-state index contributed by atoms with van der Waals surface area (Å²) >= 11 is 0. The van der Waals surface area contributed by atoms with Gasteiger partial charge in [0.1, 0.15) is 6.33 Å². The van der Waals surface area contributed by atoms with Crippen LogP contribution in [0.4, 0.5) is 0 Å². The topological polar surface area (TPSA) is 37.8 Å². The van der Waals surface area contributed by atoms with Gasteiger partial charge in [0.15, 0.2) is 0 Å². The highest BCUT2D eigenvalue weighted by molar-refractivity contribution is 5.46. The summed E-state index contributed by atoms with van der Waals surface area (Å²) in [6, 6.07) is 0. The molecule has 0 radical (unpaired) electrons. The van der Waals surface area contributed by atoms with Gasteiger partial charge >= 0.3 is 0 Å². The Bertz CT molecular complexity index is 289. The van der Waals surface area contributed by atoms with E-state index in [-0.39, 0.29) is 0 Å². The molecule has 3 heteroatoms. The Hall–Kier alpha value is -1.22. The van der Waals surface area contributed by atoms with Crippen molar-refractivity contribution in [2.75, 3.05) is 13.1 Å². The van der Waals surface area contributed by atoms with Crippen molar-refractivity contribution < 1.29 is 0 Å². The zero-order valence-corrected chi connectivity index (χ0v) is 8.19. The van der Waals surface area contributed by atoms with Gasteiger partial charge in [-0.2, -0.15) is 0 Å². The molecule has 74 valence electrons. The van der Waals surface area contributed by atoms with Crippen molar-refractivity contribution >= 4 is 6.08 Å². The van der Waals surface area contributed by atoms with Crippen molar-refractivity contribution in [3.8, 4) is 0 Å². The normalized spacial score (nSPS) is 22.7. The summed E-state index contributed by atoms with van der Waals surface area (Å²) < 4.78 is 0. The molecule has 0 aliphatic carbocycles. The first kappa shape index (κ1) is 9.34. The largest absolute Gasteiger partial charge is 0.316 e. The molecule has 3 nitrogen and oxygen atoms in total. The molecule has 1 aromatic heterocycles. The van der Waals surface area contributed by atoms with Crippen LogP contribution in [0.2, 0.25) is 0 Å². The van der Waals surface area contributed by atoms with Gasteiger partial charge in [-0.05, 0) is 25.3 Å². The fourth-order valence-electron chi connectivity index (χ4n) is 1.69. The average Bonchev–Trinajstić information content (AvgIpc) is 2.29. The molecule has 1 atom stereocenters. The number of hydrogen-bond acceptors (Lipinski definition) is 3. The molecule has 1 saturated heterocycles. The molecule has 2 rings (SSSR count). The SMILES string of the molecule is C(=C[C@@H]1CCCNC1)c1cncnc1. The van der Waals surface area contributed by atoms with E-state index in [1.165, 1.54) is 19.4 Å². The average molecular weight is 189 g/mol. The molecule has 0 spiro atoms. The van der Waals surface area contributed by atoms with Crippen molar-refractivity contribution in [2.24, 2.45) is 5.92 Å². The first-order valence-corrected chi connectivity index (χ1v) is 5.09. The summed E-state index contributed by atoms with van der Waals surface area (Å²) in [5.74, 6) is 0.670. The van der Waals surface area contributed by atoms with E-state index in [9.17, 15) is 0 Å². The predicted molar refractivity (Wildman–Crippen MR) is 56.7 cm³/mol. The summed E-state index contributed by atoms with van der Waals surface area (Å²) in [6.07, 6.45) is 12.2. The summed E-state index contributed by atoms with van der Waals surface area (Å²) in [5, 5.41) is 3.39. The third-order valence-corrected chi connectivity index (χ3v) is 2.48. The minimum absolute atomic E-state index is 0.670. The van der Waals surface area contributed by atoms with Crippen LogP contribution < -0.4 is 5.32 Å². The van der Waals surface area contributed by atoms with Gasteiger partial charge in [0.2, 0.25) is 0 Å². The lowest BCUT2D eigenvalue weighted by Crippen LogP contribution is -2.28. The maximum absolute atomic E-state index is 3.97. The number of hydrogen-bond donors (Lipinski definition) is 1. The Morgan fingerprint density at radius 2 is 2.21 bits per heavy atom. The van der Waals surface area contributed by atoms with E-state index >= 15 is 0 Å². The second kappa shape index (κ2) is 4.86. The molecule has 0 saturated carbocycles. The minimum Gasteiger partial charge on any atom is -0.316 e. The van der Waals surface area contributed by atoms with E-state index < -0.39 is 0 Å². The standard InChI is InChI=1S/C11H15N3/c1-2-10(6-12-5-1)3-4-11-7-13-9-14-8-11/h3-4,7-10,12H,1-2,5-6H2/t10-/m0/s1. The third-order valence-electron chi connectivity index (χ3n) is 2.48. The van der Waals surface area contributed by atoms with Crippen LogP contribution in [-0.2, 0) is 0 Å². The lowest BCUT2D eigenvalue weighted by molar-refractivity contribution is 0.439. The molecular weight excluding hydrogens is 174 g/mol. The van der Waals surface area contributed by atoms with E-state index in [4.69, 9.17) is 0 Å². The van der Waals surface area contributed by atoms with Crippen molar-refractivity contribution in [1.29, 1.82) is 0 Å². The molecule has 0 amide bonds. The molecule has 1 fully saturated rings. The number of nitrogens with one attached hydrogen (secondary N) is 1. The van der Waals surface area contributed by atoms with Crippen molar-refractivity contribution in [1.82, 2.24) is 15.3 Å². The Labute approximate surface area is 84.3 Å². The molecule has 2 heterocycles. The van der Waals surface area contributed by atoms with E-state index in [1.54, 1.807) is 6.33 Å². The smallest absolute Gasteiger partial charge is 0.115 e. The molecule has 0 unspecified atom stereocenters. The molecule has 0 aromatic carbocycles. The van der Waals surface area contributed by atoms with Crippen LogP contribution in [0, 0.1) is 5.92 Å². The Balaban J connectivity index is 1.93. The van der Waals surface area contributed by atoms with Gasteiger partial charge in [0.25, 0.3) is 0 Å². The van der Waals surface area contributed by atoms with Crippen LogP contribution in [-0.4, -0.2) is 23.1 Å². The quantitative estimate of drug-likeness (QED) is 0.766. The fraction of sp³-hybridized carbons (Fsp3) is 0.455. The van der Waals surface area contributed by atoms with Gasteiger partial charge in [-0.1, -0.05) is 12.2 Å². The third kappa shape index (κ3) is 2.64. The number of piperidine rings is 1. The maximum Gasteiger partial charge on any atom is 0.115 e. The molecule has 0 bridgehead atoms. The molecule has 1 aliphatic heterocycles. The van der Waals surface area contributed by atoms with Crippen LogP contribution in [0.1, 0.15) is 18.4 Å². The maximum atomic E-state index is 3.97. The van der Waals surface area contributed by atoms with E-state index in [1.807, 2.05) is 12.4 Å². The van der Waals surface area contributed by atoms with E-state index in [2.05, 4.69) is 27.4 Å². The Kier molecular flexibility index (Phi) is 3.24. The van der Waals surface area contributed by atoms with Crippen LogP contribution in [0.15, 0.2) is 24.8 Å². The monoisotopic (exact) mass is 189 g/mol. The highest BCUT2D eigenvalue weighted by atomic mass is 14.9. The second-order valence-electron chi connectivity index (χ2n) is 3.64. The first-order valence-electron chi connectivity index (χ1n) is 5.09. The molecule has 1 aromatic rings. The lowest BCUT2D eigenvalue weighted by Gasteiger charge is -2.19. The number of rotatable bonds is 2. The van der Waals surface area contributed by atoms with Gasteiger partial charge in [0, 0.05) is 24.5 Å². The summed E-state index contributed by atoms with van der Waals surface area (Å²) in [7, 11) is 0. The Morgan fingerprint density at radius 1 is 1.36 bits per heavy atom. The van der Waals surface area contributed by atoms with E-state index in [0.29, 0.717) is 5.92 Å². The fourth-order valence-corrected chi connectivity index (χ4v) is 1.69. The van der Waals surface area contributed by atoms with Gasteiger partial charge < -0.3 is 5.32 Å². The second-order valence-corrected chi connectivity index (χ2v) is 3.64. The number of nitrogens with zero attached hydrogens (tertiary/aromatic N) is 2. The predicted octanol–water partition coefficient (Wildman–Crippen LogP) is 1.49. The molecule has 1 aliphatic rings. The van der Waals surface area contributed by atoms with Crippen LogP contribution in [0.3, 0.4) is 0 Å². The summed E-state index contributed by atoms with van der Waals surface area (Å²) in [6.45, 7) is 2.27. The lowest BCUT2D eigenvalue weighted by atomic mass is 9.99. The Morgan fingerprint density at radius 3 is 2.93 bits per heavy atom. The minimum atomic E-state index is 0.670. The van der Waals surface area contributed by atoms with Gasteiger partial charge in [-0.3, -0.25) is 0 Å². The van der Waals surface area contributed by atoms with E-state index in [0.717, 1.165) is 12.1 Å². The first-order chi connectivity index (χ1) is 6.95. The summed E-state index contributed by atoms with van der Waals surface area (Å²) in [4.78, 5) is 7.94. The van der Waals surface area contributed by atoms with Crippen molar-refractivity contribution in [2.45, 2.75) is 12.8 Å². The highest BCUT2D eigenvalue weighted by Gasteiger charge is 2.08. The van der Waals surface area contributed by atoms with Crippen LogP contribution in [0.5, 0.6) is 0 Å². The van der Waals surface area contributed by atoms with Gasteiger partial charge in [-0.25, -0.2) is 9.97 Å². The van der Waals surface area contributed by atoms with Crippen LogP contribution in [0.25, 0.3) is 6.08 Å². The molecule has 14 heavy (non-hydrogen) atoms. The zero-order valence-electron chi connectivity index (χ0n) is 8.19.